The molecule has 1 nitrogen and oxygen atoms in total. The molecule has 0 bridgehead atoms. The van der Waals surface area contributed by atoms with E-state index >= 15 is 0 Å². The van der Waals surface area contributed by atoms with Crippen LogP contribution in [0.1, 0.15) is 29.0 Å². The number of halogens is 2. The molecule has 0 aliphatic carbocycles. The normalized spacial score (nSPS) is 12.5. The summed E-state index contributed by atoms with van der Waals surface area (Å²) in [6.45, 7) is 6.47. The van der Waals surface area contributed by atoms with Crippen LogP contribution in [0.25, 0.3) is 0 Å². The molecule has 1 heterocycles. The second kappa shape index (κ2) is 5.76. The summed E-state index contributed by atoms with van der Waals surface area (Å²) in [6.07, 6.45) is 0. The summed E-state index contributed by atoms with van der Waals surface area (Å²) in [6, 6.07) is 6.78. The monoisotopic (exact) mass is 387 g/mol. The largest absolute Gasteiger partial charge is 0.377 e. The van der Waals surface area contributed by atoms with Gasteiger partial charge in [-0.25, -0.2) is 0 Å². The molecule has 0 amide bonds. The van der Waals surface area contributed by atoms with Crippen LogP contribution in [-0.2, 0) is 0 Å². The van der Waals surface area contributed by atoms with E-state index in [1.54, 1.807) is 11.3 Å². The fourth-order valence-electron chi connectivity index (χ4n) is 1.98. The third-order valence-electron chi connectivity index (χ3n) is 2.87. The summed E-state index contributed by atoms with van der Waals surface area (Å²) < 4.78 is 2.29. The van der Waals surface area contributed by atoms with Gasteiger partial charge in [-0.05, 0) is 66.0 Å². The van der Waals surface area contributed by atoms with Gasteiger partial charge in [0, 0.05) is 24.9 Å². The molecule has 0 fully saturated rings. The van der Waals surface area contributed by atoms with Crippen molar-refractivity contribution in [2.24, 2.45) is 0 Å². The third kappa shape index (κ3) is 3.16. The van der Waals surface area contributed by atoms with Gasteiger partial charge < -0.3 is 5.32 Å². The van der Waals surface area contributed by atoms with E-state index in [0.717, 1.165) is 8.95 Å². The van der Waals surface area contributed by atoms with Gasteiger partial charge in [-0.15, -0.1) is 11.3 Å². The minimum Gasteiger partial charge on any atom is -0.377 e. The van der Waals surface area contributed by atoms with Crippen LogP contribution in [0.5, 0.6) is 0 Å². The zero-order valence-electron chi connectivity index (χ0n) is 10.6. The third-order valence-corrected chi connectivity index (χ3v) is 5.21. The van der Waals surface area contributed by atoms with Crippen LogP contribution in [0.3, 0.4) is 0 Å². The number of hydrogen-bond donors (Lipinski definition) is 1. The van der Waals surface area contributed by atoms with Crippen molar-refractivity contribution < 1.29 is 0 Å². The minimum absolute atomic E-state index is 0.319. The van der Waals surface area contributed by atoms with E-state index in [-0.39, 0.29) is 0 Å². The van der Waals surface area contributed by atoms with E-state index < -0.39 is 0 Å². The molecule has 1 aromatic carbocycles. The summed E-state index contributed by atoms with van der Waals surface area (Å²) in [5.74, 6) is 0. The van der Waals surface area contributed by atoms with Crippen LogP contribution in [-0.4, -0.2) is 0 Å². The molecule has 0 saturated heterocycles. The molecular formula is C14H15Br2NS. The summed E-state index contributed by atoms with van der Waals surface area (Å²) >= 11 is 8.80. The average Bonchev–Trinajstić information content (AvgIpc) is 2.70. The first-order valence-electron chi connectivity index (χ1n) is 5.74. The molecule has 1 N–H and O–H groups in total. The highest BCUT2D eigenvalue weighted by atomic mass is 79.9. The van der Waals surface area contributed by atoms with Crippen molar-refractivity contribution in [3.8, 4) is 0 Å². The lowest BCUT2D eigenvalue weighted by Gasteiger charge is -2.18. The molecule has 0 aliphatic rings. The van der Waals surface area contributed by atoms with Crippen molar-refractivity contribution in [2.75, 3.05) is 5.32 Å². The number of nitrogens with one attached hydrogen (secondary N) is 1. The maximum absolute atomic E-state index is 3.60. The number of rotatable bonds is 3. The number of thiophene rings is 1. The Morgan fingerprint density at radius 3 is 2.17 bits per heavy atom. The van der Waals surface area contributed by atoms with Crippen LogP contribution >= 0.6 is 43.2 Å². The minimum atomic E-state index is 0.319. The van der Waals surface area contributed by atoms with Gasteiger partial charge in [-0.2, -0.15) is 0 Å². The highest BCUT2D eigenvalue weighted by molar-refractivity contribution is 9.10. The molecular weight excluding hydrogens is 374 g/mol. The zero-order chi connectivity index (χ0) is 13.3. The first kappa shape index (κ1) is 14.1. The summed E-state index contributed by atoms with van der Waals surface area (Å²) in [4.78, 5) is 1.34. The van der Waals surface area contributed by atoms with Crippen molar-refractivity contribution in [3.63, 3.8) is 0 Å². The molecule has 2 rings (SSSR count). The van der Waals surface area contributed by atoms with Crippen molar-refractivity contribution in [3.05, 3.63) is 48.5 Å². The van der Waals surface area contributed by atoms with Crippen molar-refractivity contribution >= 4 is 48.9 Å². The Bertz CT molecular complexity index is 540. The number of aryl methyl sites for hydroxylation is 2. The Morgan fingerprint density at radius 1 is 1.06 bits per heavy atom. The topological polar surface area (TPSA) is 12.0 Å². The van der Waals surface area contributed by atoms with Crippen LogP contribution in [0.4, 0.5) is 5.69 Å². The highest BCUT2D eigenvalue weighted by Gasteiger charge is 2.11. The Kier molecular flexibility index (Phi) is 4.51. The summed E-state index contributed by atoms with van der Waals surface area (Å²) in [7, 11) is 0. The molecule has 0 saturated carbocycles. The van der Waals surface area contributed by atoms with E-state index in [1.165, 1.54) is 21.7 Å². The van der Waals surface area contributed by atoms with Crippen LogP contribution in [0.2, 0.25) is 0 Å². The predicted molar refractivity (Wildman–Crippen MR) is 87.7 cm³/mol. The van der Waals surface area contributed by atoms with Crippen LogP contribution < -0.4 is 5.32 Å². The quantitative estimate of drug-likeness (QED) is 0.673. The lowest BCUT2D eigenvalue weighted by molar-refractivity contribution is 0.902. The lowest BCUT2D eigenvalue weighted by atomic mass is 10.1. The van der Waals surface area contributed by atoms with E-state index in [9.17, 15) is 0 Å². The van der Waals surface area contributed by atoms with E-state index in [0.29, 0.717) is 6.04 Å². The van der Waals surface area contributed by atoms with Gasteiger partial charge in [-0.1, -0.05) is 15.9 Å². The molecule has 1 unspecified atom stereocenters. The molecule has 4 heteroatoms. The Labute approximate surface area is 129 Å². The summed E-state index contributed by atoms with van der Waals surface area (Å²) in [5, 5.41) is 5.72. The molecule has 1 atom stereocenters. The first-order valence-corrected chi connectivity index (χ1v) is 8.21. The van der Waals surface area contributed by atoms with Gasteiger partial charge in [-0.3, -0.25) is 0 Å². The van der Waals surface area contributed by atoms with Crippen LogP contribution in [0, 0.1) is 13.8 Å². The van der Waals surface area contributed by atoms with Gasteiger partial charge in [0.1, 0.15) is 0 Å². The molecule has 18 heavy (non-hydrogen) atoms. The second-order valence-corrected chi connectivity index (χ2v) is 7.22. The molecule has 0 aliphatic heterocycles. The van der Waals surface area contributed by atoms with Gasteiger partial charge >= 0.3 is 0 Å². The lowest BCUT2D eigenvalue weighted by Crippen LogP contribution is -2.07. The van der Waals surface area contributed by atoms with Crippen molar-refractivity contribution in [1.82, 2.24) is 0 Å². The Hall–Kier alpha value is -0.320. The fraction of sp³-hybridized carbons (Fsp3) is 0.286. The number of benzene rings is 1. The molecule has 0 radical (unpaired) electrons. The maximum atomic E-state index is 3.60. The van der Waals surface area contributed by atoms with Crippen molar-refractivity contribution in [1.29, 1.82) is 0 Å². The molecule has 1 aromatic heterocycles. The predicted octanol–water partition coefficient (Wildman–Crippen LogP) is 6.06. The van der Waals surface area contributed by atoms with Crippen LogP contribution in [0.15, 0.2) is 32.5 Å². The smallest absolute Gasteiger partial charge is 0.0579 e. The van der Waals surface area contributed by atoms with Gasteiger partial charge in [0.2, 0.25) is 0 Å². The van der Waals surface area contributed by atoms with E-state index in [1.807, 2.05) is 0 Å². The number of hydrogen-bond acceptors (Lipinski definition) is 2. The van der Waals surface area contributed by atoms with E-state index in [4.69, 9.17) is 0 Å². The maximum Gasteiger partial charge on any atom is 0.0579 e. The Balaban J connectivity index is 2.24. The van der Waals surface area contributed by atoms with Crippen molar-refractivity contribution in [2.45, 2.75) is 26.8 Å². The van der Waals surface area contributed by atoms with Gasteiger partial charge in [0.05, 0.1) is 6.04 Å². The van der Waals surface area contributed by atoms with Gasteiger partial charge in [0.25, 0.3) is 0 Å². The van der Waals surface area contributed by atoms with Gasteiger partial charge in [0.15, 0.2) is 0 Å². The SMILES string of the molecule is Cc1cc(Br)cc(C)c1NC(C)c1cc(Br)cs1. The average molecular weight is 389 g/mol. The van der Waals surface area contributed by atoms with E-state index in [2.05, 4.69) is 81.5 Å². The number of anilines is 1. The summed E-state index contributed by atoms with van der Waals surface area (Å²) in [5.41, 5.74) is 3.77. The molecule has 0 spiro atoms. The second-order valence-electron chi connectivity index (χ2n) is 4.45. The fourth-order valence-corrected chi connectivity index (χ4v) is 4.12. The molecule has 96 valence electrons. The molecule has 2 aromatic rings. The zero-order valence-corrected chi connectivity index (χ0v) is 14.5. The highest BCUT2D eigenvalue weighted by Crippen LogP contribution is 2.31. The first-order chi connectivity index (χ1) is 8.47. The standard InChI is InChI=1S/C14H15Br2NS/c1-8-4-11(15)5-9(2)14(8)17-10(3)13-6-12(16)7-18-13/h4-7,10,17H,1-3H3. The Morgan fingerprint density at radius 2 is 1.67 bits per heavy atom.